The number of hydrogen-bond acceptors (Lipinski definition) is 2. The van der Waals surface area contributed by atoms with Crippen molar-refractivity contribution in [3.05, 3.63) is 59.9 Å². The second kappa shape index (κ2) is 6.47. The highest BCUT2D eigenvalue weighted by Crippen LogP contribution is 2.31. The van der Waals surface area contributed by atoms with Gasteiger partial charge in [-0.2, -0.15) is 13.2 Å². The van der Waals surface area contributed by atoms with Crippen LogP contribution in [0.2, 0.25) is 0 Å². The Morgan fingerprint density at radius 2 is 1.76 bits per heavy atom. The lowest BCUT2D eigenvalue weighted by Gasteiger charge is -2.11. The SMILES string of the molecule is Fc1ccccc1NCCOc1cccc(C(F)(F)F)c1. The molecule has 0 heterocycles. The molecule has 2 aromatic carbocycles. The van der Waals surface area contributed by atoms with Crippen LogP contribution in [0.4, 0.5) is 23.2 Å². The van der Waals surface area contributed by atoms with Crippen molar-refractivity contribution in [1.82, 2.24) is 0 Å². The molecular formula is C15H13F4NO. The van der Waals surface area contributed by atoms with Gasteiger partial charge in [-0.3, -0.25) is 0 Å². The number of benzene rings is 2. The van der Waals surface area contributed by atoms with Crippen LogP contribution in [-0.4, -0.2) is 13.2 Å². The van der Waals surface area contributed by atoms with Crippen LogP contribution in [0.25, 0.3) is 0 Å². The zero-order chi connectivity index (χ0) is 15.3. The molecule has 0 aliphatic rings. The van der Waals surface area contributed by atoms with E-state index in [1.54, 1.807) is 18.2 Å². The van der Waals surface area contributed by atoms with Crippen LogP contribution in [0.5, 0.6) is 5.75 Å². The fourth-order valence-electron chi connectivity index (χ4n) is 1.72. The van der Waals surface area contributed by atoms with Gasteiger partial charge in [-0.05, 0) is 30.3 Å². The van der Waals surface area contributed by atoms with E-state index in [2.05, 4.69) is 5.32 Å². The van der Waals surface area contributed by atoms with Crippen molar-refractivity contribution in [2.75, 3.05) is 18.5 Å². The molecule has 112 valence electrons. The van der Waals surface area contributed by atoms with Gasteiger partial charge in [0.15, 0.2) is 0 Å². The molecule has 21 heavy (non-hydrogen) atoms. The highest BCUT2D eigenvalue weighted by atomic mass is 19.4. The molecule has 1 N–H and O–H groups in total. The molecule has 0 aromatic heterocycles. The Bertz CT molecular complexity index is 598. The molecule has 0 atom stereocenters. The molecule has 0 radical (unpaired) electrons. The number of alkyl halides is 3. The number of para-hydroxylation sites is 1. The fourth-order valence-corrected chi connectivity index (χ4v) is 1.72. The maximum atomic E-state index is 13.3. The molecule has 0 aliphatic heterocycles. The third-order valence-electron chi connectivity index (χ3n) is 2.72. The van der Waals surface area contributed by atoms with E-state index in [4.69, 9.17) is 4.74 Å². The van der Waals surface area contributed by atoms with E-state index in [-0.39, 0.29) is 18.9 Å². The van der Waals surface area contributed by atoms with E-state index in [1.165, 1.54) is 18.2 Å². The summed E-state index contributed by atoms with van der Waals surface area (Å²) in [7, 11) is 0. The first-order valence-electron chi connectivity index (χ1n) is 6.25. The second-order valence-electron chi connectivity index (χ2n) is 4.28. The normalized spacial score (nSPS) is 11.2. The number of hydrogen-bond donors (Lipinski definition) is 1. The summed E-state index contributed by atoms with van der Waals surface area (Å²) in [6.45, 7) is 0.396. The minimum atomic E-state index is -4.40. The van der Waals surface area contributed by atoms with Crippen molar-refractivity contribution in [1.29, 1.82) is 0 Å². The van der Waals surface area contributed by atoms with Gasteiger partial charge in [-0.25, -0.2) is 4.39 Å². The molecular weight excluding hydrogens is 286 g/mol. The zero-order valence-electron chi connectivity index (χ0n) is 11.0. The summed E-state index contributed by atoms with van der Waals surface area (Å²) in [5.41, 5.74) is -0.438. The van der Waals surface area contributed by atoms with E-state index >= 15 is 0 Å². The predicted molar refractivity (Wildman–Crippen MR) is 71.8 cm³/mol. The molecule has 0 fully saturated rings. The number of halogens is 4. The Kier molecular flexibility index (Phi) is 4.67. The van der Waals surface area contributed by atoms with Crippen LogP contribution in [0, 0.1) is 5.82 Å². The van der Waals surface area contributed by atoms with Crippen LogP contribution in [0.1, 0.15) is 5.56 Å². The van der Waals surface area contributed by atoms with Gasteiger partial charge in [-0.15, -0.1) is 0 Å². The third kappa shape index (κ3) is 4.37. The maximum Gasteiger partial charge on any atom is 0.416 e. The predicted octanol–water partition coefficient (Wildman–Crippen LogP) is 4.34. The van der Waals surface area contributed by atoms with E-state index in [1.807, 2.05) is 0 Å². The number of ether oxygens (including phenoxy) is 1. The Hall–Kier alpha value is -2.24. The summed E-state index contributed by atoms with van der Waals surface area (Å²) in [6, 6.07) is 10.8. The summed E-state index contributed by atoms with van der Waals surface area (Å²) >= 11 is 0. The molecule has 2 aromatic rings. The van der Waals surface area contributed by atoms with Gasteiger partial charge in [0, 0.05) is 6.54 Å². The van der Waals surface area contributed by atoms with Crippen molar-refractivity contribution in [3.63, 3.8) is 0 Å². The van der Waals surface area contributed by atoms with Gasteiger partial charge in [0.1, 0.15) is 18.2 Å². The summed E-state index contributed by atoms with van der Waals surface area (Å²) in [5, 5.41) is 2.81. The smallest absolute Gasteiger partial charge is 0.416 e. The van der Waals surface area contributed by atoms with Gasteiger partial charge >= 0.3 is 6.18 Å². The maximum absolute atomic E-state index is 13.3. The van der Waals surface area contributed by atoms with Crippen molar-refractivity contribution < 1.29 is 22.3 Å². The average molecular weight is 299 g/mol. The molecule has 0 unspecified atom stereocenters. The lowest BCUT2D eigenvalue weighted by atomic mass is 10.2. The van der Waals surface area contributed by atoms with Crippen LogP contribution in [0.3, 0.4) is 0 Å². The molecule has 0 bridgehead atoms. The monoisotopic (exact) mass is 299 g/mol. The van der Waals surface area contributed by atoms with Gasteiger partial charge in [0.2, 0.25) is 0 Å². The first-order valence-corrected chi connectivity index (χ1v) is 6.25. The topological polar surface area (TPSA) is 21.3 Å². The van der Waals surface area contributed by atoms with Gasteiger partial charge in [0.25, 0.3) is 0 Å². The minimum absolute atomic E-state index is 0.121. The Labute approximate surface area is 119 Å². The van der Waals surface area contributed by atoms with E-state index in [9.17, 15) is 17.6 Å². The second-order valence-corrected chi connectivity index (χ2v) is 4.28. The van der Waals surface area contributed by atoms with E-state index in [0.717, 1.165) is 12.1 Å². The zero-order valence-corrected chi connectivity index (χ0v) is 11.0. The summed E-state index contributed by atoms with van der Waals surface area (Å²) < 4.78 is 56.1. The van der Waals surface area contributed by atoms with Gasteiger partial charge < -0.3 is 10.1 Å². The standard InChI is InChI=1S/C15H13F4NO/c16-13-6-1-2-7-14(13)20-8-9-21-12-5-3-4-11(10-12)15(17,18)19/h1-7,10,20H,8-9H2. The van der Waals surface area contributed by atoms with Gasteiger partial charge in [-0.1, -0.05) is 18.2 Å². The van der Waals surface area contributed by atoms with Crippen molar-refractivity contribution in [2.24, 2.45) is 0 Å². The highest BCUT2D eigenvalue weighted by molar-refractivity contribution is 5.44. The van der Waals surface area contributed by atoms with Gasteiger partial charge in [0.05, 0.1) is 11.3 Å². The van der Waals surface area contributed by atoms with E-state index < -0.39 is 17.6 Å². The highest BCUT2D eigenvalue weighted by Gasteiger charge is 2.30. The Balaban J connectivity index is 1.85. The molecule has 0 saturated carbocycles. The van der Waals surface area contributed by atoms with Crippen LogP contribution < -0.4 is 10.1 Å². The molecule has 6 heteroatoms. The molecule has 2 nitrogen and oxygen atoms in total. The first kappa shape index (κ1) is 15.2. The number of nitrogens with one attached hydrogen (secondary N) is 1. The number of rotatable bonds is 5. The molecule has 0 spiro atoms. The van der Waals surface area contributed by atoms with Crippen LogP contribution in [-0.2, 0) is 6.18 Å². The van der Waals surface area contributed by atoms with Crippen LogP contribution in [0.15, 0.2) is 48.5 Å². The molecule has 0 saturated heterocycles. The number of anilines is 1. The van der Waals surface area contributed by atoms with Crippen molar-refractivity contribution >= 4 is 5.69 Å². The minimum Gasteiger partial charge on any atom is -0.492 e. The lowest BCUT2D eigenvalue weighted by molar-refractivity contribution is -0.137. The van der Waals surface area contributed by atoms with Crippen molar-refractivity contribution in [2.45, 2.75) is 6.18 Å². The largest absolute Gasteiger partial charge is 0.492 e. The summed E-state index contributed by atoms with van der Waals surface area (Å²) in [5.74, 6) is -0.267. The third-order valence-corrected chi connectivity index (χ3v) is 2.72. The molecule has 2 rings (SSSR count). The first-order chi connectivity index (χ1) is 9.97. The van der Waals surface area contributed by atoms with Crippen molar-refractivity contribution in [3.8, 4) is 5.75 Å². The van der Waals surface area contributed by atoms with E-state index in [0.29, 0.717) is 5.69 Å². The Morgan fingerprint density at radius 3 is 2.48 bits per heavy atom. The quantitative estimate of drug-likeness (QED) is 0.655. The summed E-state index contributed by atoms with van der Waals surface area (Å²) in [6.07, 6.45) is -4.40. The van der Waals surface area contributed by atoms with Crippen LogP contribution >= 0.6 is 0 Å². The molecule has 0 aliphatic carbocycles. The summed E-state index contributed by atoms with van der Waals surface area (Å²) in [4.78, 5) is 0. The Morgan fingerprint density at radius 1 is 1.00 bits per heavy atom. The average Bonchev–Trinajstić information content (AvgIpc) is 2.45. The fraction of sp³-hybridized carbons (Fsp3) is 0.200. The molecule has 0 amide bonds. The lowest BCUT2D eigenvalue weighted by Crippen LogP contribution is -2.12.